The minimum Gasteiger partial charge on any atom is -0.476 e. The fraction of sp³-hybridized carbons (Fsp3) is 0.391. The number of aryl methyl sites for hydroxylation is 2. The Balaban J connectivity index is 1.62. The monoisotopic (exact) mass is 508 g/mol. The van der Waals surface area contributed by atoms with Crippen molar-refractivity contribution in [3.8, 4) is 5.88 Å². The van der Waals surface area contributed by atoms with E-state index in [0.717, 1.165) is 25.5 Å². The van der Waals surface area contributed by atoms with E-state index in [-0.39, 0.29) is 18.0 Å². The minimum absolute atomic E-state index is 0.0380. The van der Waals surface area contributed by atoms with Gasteiger partial charge in [0.05, 0.1) is 23.6 Å². The van der Waals surface area contributed by atoms with Gasteiger partial charge in [-0.05, 0) is 57.0 Å². The summed E-state index contributed by atoms with van der Waals surface area (Å²) in [5.74, 6) is -1.45. The molecule has 3 aromatic rings. The van der Waals surface area contributed by atoms with Gasteiger partial charge in [0, 0.05) is 18.5 Å². The number of ether oxygens (including phenoxy) is 1. The highest BCUT2D eigenvalue weighted by Crippen LogP contribution is 2.34. The van der Waals surface area contributed by atoms with E-state index in [1.54, 1.807) is 24.7 Å². The number of imide groups is 1. The zero-order valence-corrected chi connectivity index (χ0v) is 19.5. The average Bonchev–Trinajstić information content (AvgIpc) is 3.42. The Labute approximate surface area is 203 Å². The maximum Gasteiger partial charge on any atom is 0.419 e. The van der Waals surface area contributed by atoms with Crippen molar-refractivity contribution in [2.24, 2.45) is 7.05 Å². The molecule has 1 fully saturated rings. The number of rotatable bonds is 7. The van der Waals surface area contributed by atoms with Gasteiger partial charge in [-0.15, -0.1) is 0 Å². The molecule has 192 valence electrons. The highest BCUT2D eigenvalue weighted by molar-refractivity contribution is 6.12. The number of pyridine rings is 1. The summed E-state index contributed by atoms with van der Waals surface area (Å²) in [5, 5.41) is 10.7. The number of carbonyl (C=O) groups is 2. The maximum atomic E-state index is 13.7. The van der Waals surface area contributed by atoms with E-state index in [4.69, 9.17) is 4.74 Å². The van der Waals surface area contributed by atoms with Crippen LogP contribution < -0.4 is 20.3 Å². The summed E-state index contributed by atoms with van der Waals surface area (Å²) >= 11 is 0. The molecular formula is C23H24F4N6O3. The van der Waals surface area contributed by atoms with Crippen molar-refractivity contribution in [2.45, 2.75) is 38.4 Å². The molecule has 1 aliphatic heterocycles. The first kappa shape index (κ1) is 25.4. The van der Waals surface area contributed by atoms with Crippen molar-refractivity contribution in [3.63, 3.8) is 0 Å². The second-order valence-electron chi connectivity index (χ2n) is 8.42. The van der Waals surface area contributed by atoms with Crippen LogP contribution in [-0.4, -0.2) is 46.4 Å². The molecule has 1 saturated heterocycles. The summed E-state index contributed by atoms with van der Waals surface area (Å²) in [5.41, 5.74) is -0.832. The minimum atomic E-state index is -5.01. The van der Waals surface area contributed by atoms with Crippen molar-refractivity contribution in [3.05, 3.63) is 41.3 Å². The largest absolute Gasteiger partial charge is 0.476 e. The van der Waals surface area contributed by atoms with Crippen LogP contribution in [0.2, 0.25) is 0 Å². The van der Waals surface area contributed by atoms with Crippen LogP contribution in [0.5, 0.6) is 5.88 Å². The van der Waals surface area contributed by atoms with Crippen LogP contribution in [0.25, 0.3) is 11.0 Å². The molecule has 0 aliphatic carbocycles. The first-order valence-corrected chi connectivity index (χ1v) is 11.2. The van der Waals surface area contributed by atoms with Gasteiger partial charge in [-0.2, -0.15) is 23.3 Å². The van der Waals surface area contributed by atoms with Crippen molar-refractivity contribution in [2.75, 3.05) is 23.4 Å². The Kier molecular flexibility index (Phi) is 7.11. The van der Waals surface area contributed by atoms with Crippen molar-refractivity contribution in [1.29, 1.82) is 0 Å². The molecule has 3 amide bonds. The van der Waals surface area contributed by atoms with Gasteiger partial charge < -0.3 is 15.4 Å². The second kappa shape index (κ2) is 10.1. The molecule has 1 aromatic carbocycles. The van der Waals surface area contributed by atoms with Gasteiger partial charge in [0.15, 0.2) is 5.65 Å². The van der Waals surface area contributed by atoms with Crippen LogP contribution in [0.15, 0.2) is 24.3 Å². The molecule has 0 saturated carbocycles. The van der Waals surface area contributed by atoms with Gasteiger partial charge in [0.2, 0.25) is 12.3 Å². The molecule has 0 bridgehead atoms. The first-order valence-electron chi connectivity index (χ1n) is 11.2. The number of anilines is 2. The fourth-order valence-corrected chi connectivity index (χ4v) is 4.11. The number of hydrogen-bond donors (Lipinski definition) is 2. The van der Waals surface area contributed by atoms with Crippen LogP contribution in [0, 0.1) is 12.7 Å². The average molecular weight is 508 g/mol. The Morgan fingerprint density at radius 1 is 1.36 bits per heavy atom. The lowest BCUT2D eigenvalue weighted by atomic mass is 10.1. The first-order chi connectivity index (χ1) is 17.1. The summed E-state index contributed by atoms with van der Waals surface area (Å²) in [4.78, 5) is 29.5. The number of amides is 3. The quantitative estimate of drug-likeness (QED) is 0.367. The molecule has 0 spiro atoms. The van der Waals surface area contributed by atoms with Crippen molar-refractivity contribution < 1.29 is 31.9 Å². The fourth-order valence-electron chi connectivity index (χ4n) is 4.11. The Morgan fingerprint density at radius 2 is 2.14 bits per heavy atom. The molecule has 0 radical (unpaired) electrons. The van der Waals surface area contributed by atoms with Crippen LogP contribution in [0.1, 0.15) is 30.5 Å². The third-order valence-corrected chi connectivity index (χ3v) is 5.93. The van der Waals surface area contributed by atoms with E-state index < -0.39 is 29.3 Å². The van der Waals surface area contributed by atoms with E-state index in [1.807, 2.05) is 0 Å². The van der Waals surface area contributed by atoms with Gasteiger partial charge in [0.1, 0.15) is 11.5 Å². The number of fused-ring (bicyclic) bond motifs is 1. The van der Waals surface area contributed by atoms with E-state index in [0.29, 0.717) is 52.8 Å². The van der Waals surface area contributed by atoms with E-state index in [2.05, 4.69) is 20.7 Å². The predicted molar refractivity (Wildman–Crippen MR) is 123 cm³/mol. The van der Waals surface area contributed by atoms with Crippen LogP contribution in [0.3, 0.4) is 0 Å². The molecule has 1 atom stereocenters. The smallest absolute Gasteiger partial charge is 0.419 e. The molecule has 9 nitrogen and oxygen atoms in total. The number of aromatic nitrogens is 3. The number of urea groups is 1. The Hall–Kier alpha value is -3.74. The van der Waals surface area contributed by atoms with Crippen LogP contribution in [0.4, 0.5) is 33.7 Å². The van der Waals surface area contributed by atoms with E-state index in [9.17, 15) is 27.2 Å². The topological polar surface area (TPSA) is 101 Å². The number of hydrogen-bond acceptors (Lipinski definition) is 6. The highest BCUT2D eigenvalue weighted by atomic mass is 19.4. The molecule has 36 heavy (non-hydrogen) atoms. The number of carbonyl (C=O) groups excluding carboxylic acids is 2. The lowest BCUT2D eigenvalue weighted by Crippen LogP contribution is -2.34. The molecule has 1 aliphatic rings. The number of nitrogens with one attached hydrogen (secondary N) is 2. The summed E-state index contributed by atoms with van der Waals surface area (Å²) in [6.07, 6.45) is -2.17. The standard InChI is InChI=1S/C23H24F4N6O3/c1-13-16-11-19(21(30-20(16)32(2)31-13)36-9-7-14-4-3-8-28-14)29-22(35)33(12-34)15-5-6-18(24)17(10-15)23(25,26)27/h5-6,10-12,14,28H,3-4,7-9H2,1-2H3,(H,29,35). The molecule has 13 heteroatoms. The van der Waals surface area contributed by atoms with Gasteiger partial charge in [0.25, 0.3) is 0 Å². The van der Waals surface area contributed by atoms with Gasteiger partial charge >= 0.3 is 12.2 Å². The SMILES string of the molecule is Cc1nn(C)c2nc(OCCC3CCCN3)c(NC(=O)N(C=O)c3ccc(F)c(C(F)(F)F)c3)cc12. The second-order valence-corrected chi connectivity index (χ2v) is 8.42. The summed E-state index contributed by atoms with van der Waals surface area (Å²) in [6, 6.07) is 2.63. The van der Waals surface area contributed by atoms with Gasteiger partial charge in [-0.1, -0.05) is 0 Å². The number of halogens is 4. The maximum absolute atomic E-state index is 13.7. The normalized spacial score (nSPS) is 15.8. The lowest BCUT2D eigenvalue weighted by molar-refractivity contribution is -0.140. The predicted octanol–water partition coefficient (Wildman–Crippen LogP) is 4.15. The molecule has 3 heterocycles. The summed E-state index contributed by atoms with van der Waals surface area (Å²) < 4.78 is 60.5. The Bertz CT molecular complexity index is 1290. The zero-order chi connectivity index (χ0) is 26.0. The van der Waals surface area contributed by atoms with E-state index in [1.165, 1.54) is 0 Å². The molecule has 4 rings (SSSR count). The number of nitrogens with zero attached hydrogens (tertiary/aromatic N) is 4. The molecular weight excluding hydrogens is 484 g/mol. The van der Waals surface area contributed by atoms with Gasteiger partial charge in [-0.25, -0.2) is 14.1 Å². The molecule has 2 N–H and O–H groups in total. The summed E-state index contributed by atoms with van der Waals surface area (Å²) in [7, 11) is 1.70. The Morgan fingerprint density at radius 3 is 2.81 bits per heavy atom. The van der Waals surface area contributed by atoms with Crippen LogP contribution >= 0.6 is 0 Å². The lowest BCUT2D eigenvalue weighted by Gasteiger charge is -2.19. The van der Waals surface area contributed by atoms with Crippen molar-refractivity contribution in [1.82, 2.24) is 20.1 Å². The number of alkyl halides is 3. The number of benzene rings is 1. The highest BCUT2D eigenvalue weighted by Gasteiger charge is 2.35. The van der Waals surface area contributed by atoms with Crippen molar-refractivity contribution >= 4 is 34.8 Å². The summed E-state index contributed by atoms with van der Waals surface area (Å²) in [6.45, 7) is 2.97. The zero-order valence-electron chi connectivity index (χ0n) is 19.5. The van der Waals surface area contributed by atoms with E-state index >= 15 is 0 Å². The third kappa shape index (κ3) is 5.25. The van der Waals surface area contributed by atoms with Gasteiger partial charge in [-0.3, -0.25) is 9.48 Å². The third-order valence-electron chi connectivity index (χ3n) is 5.93. The molecule has 1 unspecified atom stereocenters. The van der Waals surface area contributed by atoms with Crippen LogP contribution in [-0.2, 0) is 18.0 Å². The molecule has 2 aromatic heterocycles.